The van der Waals surface area contributed by atoms with Gasteiger partial charge >= 0.3 is 0 Å². The summed E-state index contributed by atoms with van der Waals surface area (Å²) in [7, 11) is 0. The second kappa shape index (κ2) is 6.70. The van der Waals surface area contributed by atoms with Gasteiger partial charge in [-0.3, -0.25) is 4.79 Å². The molecule has 6 heteroatoms. The Morgan fingerprint density at radius 1 is 1.20 bits per heavy atom. The van der Waals surface area contributed by atoms with Crippen molar-refractivity contribution in [1.29, 1.82) is 0 Å². The summed E-state index contributed by atoms with van der Waals surface area (Å²) >= 11 is 12.1. The van der Waals surface area contributed by atoms with E-state index in [-0.39, 0.29) is 23.2 Å². The summed E-state index contributed by atoms with van der Waals surface area (Å²) in [4.78, 5) is 11.9. The molecule has 0 atom stereocenters. The van der Waals surface area contributed by atoms with Crippen LogP contribution in [0.25, 0.3) is 0 Å². The smallest absolute Gasteiger partial charge is 0.200 e. The molecule has 20 heavy (non-hydrogen) atoms. The van der Waals surface area contributed by atoms with Gasteiger partial charge in [0.25, 0.3) is 0 Å². The van der Waals surface area contributed by atoms with Crippen LogP contribution in [0.2, 0.25) is 5.02 Å². The van der Waals surface area contributed by atoms with Gasteiger partial charge in [-0.2, -0.15) is 0 Å². The molecular weight excluding hydrogens is 414 g/mol. The van der Waals surface area contributed by atoms with Crippen LogP contribution in [0.5, 0.6) is 5.75 Å². The lowest BCUT2D eigenvalue weighted by Crippen LogP contribution is -2.11. The number of benzene rings is 2. The molecule has 0 unspecified atom stereocenters. The highest BCUT2D eigenvalue weighted by molar-refractivity contribution is 9.10. The van der Waals surface area contributed by atoms with Crippen LogP contribution in [-0.2, 0) is 0 Å². The van der Waals surface area contributed by atoms with Gasteiger partial charge in [-0.1, -0.05) is 39.7 Å². The highest BCUT2D eigenvalue weighted by Crippen LogP contribution is 2.30. The molecule has 0 aliphatic heterocycles. The molecule has 0 N–H and O–H groups in total. The van der Waals surface area contributed by atoms with Gasteiger partial charge in [0.1, 0.15) is 11.6 Å². The Hall–Kier alpha value is -0.910. The van der Waals surface area contributed by atoms with Crippen LogP contribution >= 0.6 is 43.5 Å². The number of ketones is 1. The zero-order valence-corrected chi connectivity index (χ0v) is 13.9. The summed E-state index contributed by atoms with van der Waals surface area (Å²) in [6, 6.07) is 9.44. The molecule has 104 valence electrons. The number of hydrogen-bond acceptors (Lipinski definition) is 2. The first-order valence-corrected chi connectivity index (χ1v) is 7.50. The van der Waals surface area contributed by atoms with Crippen molar-refractivity contribution in [3.63, 3.8) is 0 Å². The van der Waals surface area contributed by atoms with Crippen LogP contribution in [0.3, 0.4) is 0 Å². The molecule has 0 saturated carbocycles. The van der Waals surface area contributed by atoms with Gasteiger partial charge < -0.3 is 4.74 Å². The molecule has 0 heterocycles. The molecule has 2 aromatic carbocycles. The van der Waals surface area contributed by atoms with Crippen molar-refractivity contribution < 1.29 is 13.9 Å². The molecule has 0 amide bonds. The van der Waals surface area contributed by atoms with Crippen LogP contribution in [0.1, 0.15) is 10.4 Å². The van der Waals surface area contributed by atoms with Crippen LogP contribution in [0.15, 0.2) is 45.3 Å². The Bertz CT molecular complexity index is 644. The molecule has 0 aromatic heterocycles. The minimum atomic E-state index is -0.596. The number of rotatable bonds is 4. The SMILES string of the molecule is O=C(COc1cc(F)c(Cl)cc1Br)c1ccc(Br)cc1. The van der Waals surface area contributed by atoms with E-state index in [0.717, 1.165) is 10.5 Å². The molecule has 0 aliphatic rings. The van der Waals surface area contributed by atoms with Crippen LogP contribution in [0.4, 0.5) is 4.39 Å². The molecule has 0 spiro atoms. The van der Waals surface area contributed by atoms with Gasteiger partial charge in [0, 0.05) is 16.1 Å². The highest BCUT2D eigenvalue weighted by atomic mass is 79.9. The van der Waals surface area contributed by atoms with Gasteiger partial charge in [-0.05, 0) is 34.1 Å². The van der Waals surface area contributed by atoms with E-state index in [4.69, 9.17) is 16.3 Å². The van der Waals surface area contributed by atoms with E-state index in [2.05, 4.69) is 31.9 Å². The van der Waals surface area contributed by atoms with E-state index in [9.17, 15) is 9.18 Å². The van der Waals surface area contributed by atoms with Gasteiger partial charge in [0.05, 0.1) is 9.50 Å². The van der Waals surface area contributed by atoms with Crippen molar-refractivity contribution in [2.75, 3.05) is 6.61 Å². The van der Waals surface area contributed by atoms with Crippen molar-refractivity contribution in [1.82, 2.24) is 0 Å². The fraction of sp³-hybridized carbons (Fsp3) is 0.0714. The summed E-state index contributed by atoms with van der Waals surface area (Å²) in [6.07, 6.45) is 0. The maximum atomic E-state index is 13.3. The Morgan fingerprint density at radius 3 is 2.50 bits per heavy atom. The maximum Gasteiger partial charge on any atom is 0.200 e. The van der Waals surface area contributed by atoms with Crippen LogP contribution < -0.4 is 4.74 Å². The highest BCUT2D eigenvalue weighted by Gasteiger charge is 2.11. The Morgan fingerprint density at radius 2 is 1.85 bits per heavy atom. The predicted octanol–water partition coefficient (Wildman–Crippen LogP) is 5.27. The summed E-state index contributed by atoms with van der Waals surface area (Å²) in [5.41, 5.74) is 0.527. The van der Waals surface area contributed by atoms with Crippen molar-refractivity contribution in [3.05, 3.63) is 61.7 Å². The monoisotopic (exact) mass is 420 g/mol. The molecule has 2 rings (SSSR count). The summed E-state index contributed by atoms with van der Waals surface area (Å²) in [5.74, 6) is -0.557. The molecule has 0 radical (unpaired) electrons. The lowest BCUT2D eigenvalue weighted by molar-refractivity contribution is 0.0920. The molecule has 2 aromatic rings. The van der Waals surface area contributed by atoms with Gasteiger partial charge in [-0.25, -0.2) is 4.39 Å². The van der Waals surface area contributed by atoms with E-state index in [1.807, 2.05) is 0 Å². The number of ether oxygens (including phenoxy) is 1. The first-order valence-electron chi connectivity index (χ1n) is 5.53. The molecule has 0 fully saturated rings. The largest absolute Gasteiger partial charge is 0.484 e. The lowest BCUT2D eigenvalue weighted by atomic mass is 10.1. The minimum Gasteiger partial charge on any atom is -0.484 e. The van der Waals surface area contributed by atoms with Crippen molar-refractivity contribution in [3.8, 4) is 5.75 Å². The van der Waals surface area contributed by atoms with E-state index in [1.54, 1.807) is 24.3 Å². The van der Waals surface area contributed by atoms with Crippen LogP contribution in [0, 0.1) is 5.82 Å². The van der Waals surface area contributed by atoms with Crippen molar-refractivity contribution >= 4 is 49.2 Å². The number of Topliss-reactive ketones (excluding diaryl/α,β-unsaturated/α-hetero) is 1. The topological polar surface area (TPSA) is 26.3 Å². The van der Waals surface area contributed by atoms with E-state index < -0.39 is 5.82 Å². The molecular formula is C14H8Br2ClFO2. The third-order valence-corrected chi connectivity index (χ3v) is 3.94. The van der Waals surface area contributed by atoms with Gasteiger partial charge in [-0.15, -0.1) is 0 Å². The normalized spacial score (nSPS) is 10.4. The van der Waals surface area contributed by atoms with Gasteiger partial charge in [0.2, 0.25) is 0 Å². The average Bonchev–Trinajstić information content (AvgIpc) is 2.42. The first-order chi connectivity index (χ1) is 9.47. The second-order valence-electron chi connectivity index (χ2n) is 3.92. The van der Waals surface area contributed by atoms with Gasteiger partial charge in [0.15, 0.2) is 12.4 Å². The lowest BCUT2D eigenvalue weighted by Gasteiger charge is -2.08. The number of hydrogen-bond donors (Lipinski definition) is 0. The summed E-state index contributed by atoms with van der Waals surface area (Å²) < 4.78 is 20.0. The predicted molar refractivity (Wildman–Crippen MR) is 83.1 cm³/mol. The van der Waals surface area contributed by atoms with E-state index in [1.165, 1.54) is 6.07 Å². The quantitative estimate of drug-likeness (QED) is 0.496. The summed E-state index contributed by atoms with van der Waals surface area (Å²) in [6.45, 7) is -0.179. The third kappa shape index (κ3) is 3.81. The maximum absolute atomic E-state index is 13.3. The number of carbonyl (C=O) groups excluding carboxylic acids is 1. The minimum absolute atomic E-state index is 0.0107. The van der Waals surface area contributed by atoms with Crippen LogP contribution in [-0.4, -0.2) is 12.4 Å². The Labute approximate surface area is 137 Å². The van der Waals surface area contributed by atoms with E-state index in [0.29, 0.717) is 10.0 Å². The molecule has 0 bridgehead atoms. The standard InChI is InChI=1S/C14H8Br2ClFO2/c15-9-3-1-8(2-4-9)13(19)7-20-14-6-12(18)11(17)5-10(14)16/h1-6H,7H2. The zero-order chi connectivity index (χ0) is 14.7. The number of carbonyl (C=O) groups is 1. The fourth-order valence-electron chi connectivity index (χ4n) is 1.48. The zero-order valence-electron chi connectivity index (χ0n) is 10.00. The Balaban J connectivity index is 2.07. The Kier molecular flexibility index (Phi) is 5.18. The van der Waals surface area contributed by atoms with Crippen molar-refractivity contribution in [2.45, 2.75) is 0 Å². The molecule has 2 nitrogen and oxygen atoms in total. The molecule has 0 saturated heterocycles. The third-order valence-electron chi connectivity index (χ3n) is 2.50. The summed E-state index contributed by atoms with van der Waals surface area (Å²) in [5, 5.41) is -0.0107. The fourth-order valence-corrected chi connectivity index (χ4v) is 2.49. The average molecular weight is 422 g/mol. The van der Waals surface area contributed by atoms with E-state index >= 15 is 0 Å². The number of halogens is 4. The second-order valence-corrected chi connectivity index (χ2v) is 6.09. The molecule has 0 aliphatic carbocycles. The van der Waals surface area contributed by atoms with Crippen molar-refractivity contribution in [2.24, 2.45) is 0 Å². The first kappa shape index (κ1) is 15.5.